The topological polar surface area (TPSA) is 59.8 Å². The van der Waals surface area contributed by atoms with E-state index in [1.54, 1.807) is 6.07 Å². The summed E-state index contributed by atoms with van der Waals surface area (Å²) in [6, 6.07) is 8.20. The van der Waals surface area contributed by atoms with Gasteiger partial charge in [-0.1, -0.05) is 18.5 Å². The van der Waals surface area contributed by atoms with Crippen molar-refractivity contribution in [3.05, 3.63) is 46.9 Å². The van der Waals surface area contributed by atoms with E-state index in [2.05, 4.69) is 6.92 Å². The lowest BCUT2D eigenvalue weighted by Crippen LogP contribution is -2.26. The quantitative estimate of drug-likeness (QED) is 0.775. The van der Waals surface area contributed by atoms with Crippen LogP contribution in [-0.4, -0.2) is 26.9 Å². The van der Waals surface area contributed by atoms with E-state index < -0.39 is 10.0 Å². The summed E-state index contributed by atoms with van der Waals surface area (Å²) in [6.45, 7) is 2.35. The minimum atomic E-state index is -3.66. The minimum absolute atomic E-state index is 0.124. The number of rotatable bonds is 6. The van der Waals surface area contributed by atoms with Gasteiger partial charge in [0.15, 0.2) is 0 Å². The molecule has 1 heterocycles. The third-order valence-electron chi connectivity index (χ3n) is 4.37. The Hall–Kier alpha value is -1.50. The molecule has 1 saturated carbocycles. The summed E-state index contributed by atoms with van der Waals surface area (Å²) in [7, 11) is -0.651. The molecule has 1 fully saturated rings. The first-order valence-electron chi connectivity index (χ1n) is 7.71. The highest BCUT2D eigenvalue weighted by Crippen LogP contribution is 2.47. The fourth-order valence-corrected chi connectivity index (χ4v) is 4.18. The zero-order valence-corrected chi connectivity index (χ0v) is 15.4. The number of ether oxygens (including phenoxy) is 1. The van der Waals surface area contributed by atoms with E-state index >= 15 is 0 Å². The van der Waals surface area contributed by atoms with Crippen molar-refractivity contribution in [2.45, 2.75) is 30.7 Å². The van der Waals surface area contributed by atoms with Crippen LogP contribution in [0, 0.1) is 5.92 Å². The van der Waals surface area contributed by atoms with Crippen molar-refractivity contribution >= 4 is 21.6 Å². The molecule has 1 aromatic heterocycles. The second kappa shape index (κ2) is 6.43. The smallest absolute Gasteiger partial charge is 0.243 e. The van der Waals surface area contributed by atoms with Gasteiger partial charge in [0.25, 0.3) is 0 Å². The first-order chi connectivity index (χ1) is 11.3. The van der Waals surface area contributed by atoms with Crippen LogP contribution in [-0.2, 0) is 16.6 Å². The lowest BCUT2D eigenvalue weighted by atomic mass is 10.3. The SMILES string of the molecule is COc1ccc(S(=O)(=O)N(C)Cc2ccc([C@@H]3C[C@@H]3C)o2)cc1Cl. The van der Waals surface area contributed by atoms with Gasteiger partial charge >= 0.3 is 0 Å². The highest BCUT2D eigenvalue weighted by atomic mass is 35.5. The number of halogens is 1. The normalized spacial score (nSPS) is 20.4. The lowest BCUT2D eigenvalue weighted by Gasteiger charge is -2.16. The predicted octanol–water partition coefficient (Wildman–Crippen LogP) is 3.89. The highest BCUT2D eigenvalue weighted by molar-refractivity contribution is 7.89. The van der Waals surface area contributed by atoms with Crippen LogP contribution in [0.15, 0.2) is 39.6 Å². The fourth-order valence-electron chi connectivity index (χ4n) is 2.69. The maximum absolute atomic E-state index is 12.7. The Bertz CT molecular complexity index is 846. The molecule has 0 spiro atoms. The predicted molar refractivity (Wildman–Crippen MR) is 91.9 cm³/mol. The molecule has 0 aliphatic heterocycles. The van der Waals surface area contributed by atoms with E-state index in [1.165, 1.54) is 30.6 Å². The summed E-state index contributed by atoms with van der Waals surface area (Å²) in [5, 5.41) is 0.259. The van der Waals surface area contributed by atoms with E-state index in [0.717, 1.165) is 12.2 Å². The average molecular weight is 370 g/mol. The van der Waals surface area contributed by atoms with Crippen LogP contribution in [0.5, 0.6) is 5.75 Å². The molecule has 0 bridgehead atoms. The van der Waals surface area contributed by atoms with E-state index in [4.69, 9.17) is 20.8 Å². The van der Waals surface area contributed by atoms with Crippen molar-refractivity contribution in [1.29, 1.82) is 0 Å². The van der Waals surface area contributed by atoms with Gasteiger partial charge in [-0.15, -0.1) is 0 Å². The molecule has 0 N–H and O–H groups in total. The molecule has 0 saturated heterocycles. The van der Waals surface area contributed by atoms with Crippen LogP contribution in [0.25, 0.3) is 0 Å². The van der Waals surface area contributed by atoms with Crippen LogP contribution in [0.3, 0.4) is 0 Å². The Morgan fingerprint density at radius 3 is 2.62 bits per heavy atom. The maximum atomic E-state index is 12.7. The Kier molecular flexibility index (Phi) is 4.64. The molecule has 0 amide bonds. The van der Waals surface area contributed by atoms with Gasteiger partial charge in [-0.2, -0.15) is 4.31 Å². The Balaban J connectivity index is 1.76. The monoisotopic (exact) mass is 369 g/mol. The Morgan fingerprint density at radius 1 is 1.33 bits per heavy atom. The second-order valence-electron chi connectivity index (χ2n) is 6.18. The van der Waals surface area contributed by atoms with Crippen LogP contribution < -0.4 is 4.74 Å². The maximum Gasteiger partial charge on any atom is 0.243 e. The zero-order chi connectivity index (χ0) is 17.5. The number of methoxy groups -OCH3 is 1. The molecule has 7 heteroatoms. The molecule has 1 aromatic carbocycles. The van der Waals surface area contributed by atoms with E-state index in [1.807, 2.05) is 12.1 Å². The Morgan fingerprint density at radius 2 is 2.04 bits per heavy atom. The molecule has 2 atom stereocenters. The van der Waals surface area contributed by atoms with Crippen LogP contribution in [0.2, 0.25) is 5.02 Å². The second-order valence-corrected chi connectivity index (χ2v) is 8.63. The van der Waals surface area contributed by atoms with Gasteiger partial charge in [0, 0.05) is 13.0 Å². The third kappa shape index (κ3) is 3.31. The van der Waals surface area contributed by atoms with Crippen molar-refractivity contribution in [1.82, 2.24) is 4.31 Å². The number of hydrogen-bond acceptors (Lipinski definition) is 4. The summed E-state index contributed by atoms with van der Waals surface area (Å²) in [5.74, 6) is 3.13. The molecule has 1 aliphatic rings. The fraction of sp³-hybridized carbons (Fsp3) is 0.412. The van der Waals surface area contributed by atoms with Gasteiger partial charge in [-0.25, -0.2) is 8.42 Å². The van der Waals surface area contributed by atoms with Gasteiger partial charge in [0.05, 0.1) is 23.6 Å². The summed E-state index contributed by atoms with van der Waals surface area (Å²) < 4.78 is 37.5. The number of furan rings is 1. The number of benzene rings is 1. The molecule has 1 aliphatic carbocycles. The lowest BCUT2D eigenvalue weighted by molar-refractivity contribution is 0.389. The first kappa shape index (κ1) is 17.3. The van der Waals surface area contributed by atoms with Crippen LogP contribution in [0.4, 0.5) is 0 Å². The van der Waals surface area contributed by atoms with Crippen LogP contribution in [0.1, 0.15) is 30.8 Å². The Labute approximate surface area is 147 Å². The van der Waals surface area contributed by atoms with E-state index in [9.17, 15) is 8.42 Å². The molecule has 24 heavy (non-hydrogen) atoms. The average Bonchev–Trinajstić information content (AvgIpc) is 3.09. The standard InChI is InChI=1S/C17H20ClNO4S/c1-11-8-14(11)16-6-4-12(23-16)10-19(2)24(20,21)13-5-7-17(22-3)15(18)9-13/h4-7,9,11,14H,8,10H2,1-3H3/t11-,14+/m0/s1. The highest BCUT2D eigenvalue weighted by Gasteiger charge is 2.36. The largest absolute Gasteiger partial charge is 0.495 e. The molecule has 130 valence electrons. The van der Waals surface area contributed by atoms with Gasteiger partial charge in [0.1, 0.15) is 17.3 Å². The molecule has 3 rings (SSSR count). The van der Waals surface area contributed by atoms with Gasteiger partial charge in [0.2, 0.25) is 10.0 Å². The summed E-state index contributed by atoms with van der Waals surface area (Å²) in [4.78, 5) is 0.124. The van der Waals surface area contributed by atoms with Gasteiger partial charge < -0.3 is 9.15 Å². The molecule has 5 nitrogen and oxygen atoms in total. The van der Waals surface area contributed by atoms with E-state index in [0.29, 0.717) is 23.3 Å². The summed E-state index contributed by atoms with van der Waals surface area (Å²) in [6.07, 6.45) is 1.13. The molecular weight excluding hydrogens is 350 g/mol. The minimum Gasteiger partial charge on any atom is -0.495 e. The number of nitrogens with zero attached hydrogens (tertiary/aromatic N) is 1. The van der Waals surface area contributed by atoms with Gasteiger partial charge in [-0.05, 0) is 42.7 Å². The molecule has 2 aromatic rings. The summed E-state index contributed by atoms with van der Waals surface area (Å²) >= 11 is 6.03. The first-order valence-corrected chi connectivity index (χ1v) is 9.53. The summed E-state index contributed by atoms with van der Waals surface area (Å²) in [5.41, 5.74) is 0. The van der Waals surface area contributed by atoms with E-state index in [-0.39, 0.29) is 16.5 Å². The number of hydrogen-bond donors (Lipinski definition) is 0. The van der Waals surface area contributed by atoms with Crippen LogP contribution >= 0.6 is 11.6 Å². The number of sulfonamides is 1. The molecule has 0 radical (unpaired) electrons. The van der Waals surface area contributed by atoms with Crippen molar-refractivity contribution in [2.24, 2.45) is 5.92 Å². The van der Waals surface area contributed by atoms with Crippen molar-refractivity contribution in [3.8, 4) is 5.75 Å². The van der Waals surface area contributed by atoms with Gasteiger partial charge in [-0.3, -0.25) is 0 Å². The molecular formula is C17H20ClNO4S. The van der Waals surface area contributed by atoms with Crippen molar-refractivity contribution < 1.29 is 17.6 Å². The molecule has 0 unspecified atom stereocenters. The van der Waals surface area contributed by atoms with Crippen molar-refractivity contribution in [3.63, 3.8) is 0 Å². The third-order valence-corrected chi connectivity index (χ3v) is 6.46. The zero-order valence-electron chi connectivity index (χ0n) is 13.8. The van der Waals surface area contributed by atoms with Crippen molar-refractivity contribution in [2.75, 3.05) is 14.2 Å².